The van der Waals surface area contributed by atoms with Gasteiger partial charge in [-0.15, -0.1) is 13.2 Å². The Bertz CT molecular complexity index is 652. The summed E-state index contributed by atoms with van der Waals surface area (Å²) < 4.78 is 45.1. The summed E-state index contributed by atoms with van der Waals surface area (Å²) in [6, 6.07) is 5.12. The van der Waals surface area contributed by atoms with Gasteiger partial charge in [0.1, 0.15) is 5.75 Å². The zero-order valence-electron chi connectivity index (χ0n) is 11.6. The number of aromatic nitrogens is 2. The molecule has 0 amide bonds. The highest BCUT2D eigenvalue weighted by Crippen LogP contribution is 2.25. The lowest BCUT2D eigenvalue weighted by Gasteiger charge is -2.08. The van der Waals surface area contributed by atoms with E-state index in [2.05, 4.69) is 30.7 Å². The van der Waals surface area contributed by atoms with E-state index in [9.17, 15) is 13.2 Å². The van der Waals surface area contributed by atoms with Gasteiger partial charge in [0.05, 0.1) is 0 Å². The summed E-state index contributed by atoms with van der Waals surface area (Å²) in [6.07, 6.45) is -4.73. The van der Waals surface area contributed by atoms with Crippen molar-refractivity contribution >= 4 is 5.84 Å². The third-order valence-corrected chi connectivity index (χ3v) is 2.44. The van der Waals surface area contributed by atoms with Crippen molar-refractivity contribution in [2.45, 2.75) is 6.36 Å². The number of nitrogens with one attached hydrogen (secondary N) is 2. The standard InChI is InChI=1S/C12H12F3N5O2/c1-16-10(19-17-2)11-18-9(20-22-11)7-3-5-8(6-4-7)21-12(13,14)15/h3-6,17H,1-2H3,(H,16,19). The number of amidine groups is 1. The molecule has 0 atom stereocenters. The molecule has 0 aliphatic carbocycles. The second kappa shape index (κ2) is 6.43. The molecule has 0 unspecified atom stereocenters. The van der Waals surface area contributed by atoms with Crippen LogP contribution in [0.1, 0.15) is 5.89 Å². The number of nitrogens with zero attached hydrogens (tertiary/aromatic N) is 3. The molecule has 0 fully saturated rings. The van der Waals surface area contributed by atoms with Crippen molar-refractivity contribution in [2.24, 2.45) is 4.99 Å². The summed E-state index contributed by atoms with van der Waals surface area (Å²) in [5, 5.41) is 3.74. The van der Waals surface area contributed by atoms with Crippen LogP contribution in [0.15, 0.2) is 33.8 Å². The van der Waals surface area contributed by atoms with Gasteiger partial charge in [-0.1, -0.05) is 5.16 Å². The molecule has 1 aromatic carbocycles. The highest BCUT2D eigenvalue weighted by Gasteiger charge is 2.31. The fourth-order valence-corrected chi connectivity index (χ4v) is 1.57. The largest absolute Gasteiger partial charge is 0.573 e. The number of aliphatic imine (C=N–C) groups is 1. The first-order valence-electron chi connectivity index (χ1n) is 6.02. The topological polar surface area (TPSA) is 84.6 Å². The Hall–Kier alpha value is -2.62. The summed E-state index contributed by atoms with van der Waals surface area (Å²) in [6.45, 7) is 0. The number of hydrogen-bond donors (Lipinski definition) is 2. The summed E-state index contributed by atoms with van der Waals surface area (Å²) in [7, 11) is 3.18. The molecule has 22 heavy (non-hydrogen) atoms. The van der Waals surface area contributed by atoms with Gasteiger partial charge in [0.2, 0.25) is 11.7 Å². The Morgan fingerprint density at radius 3 is 2.50 bits per heavy atom. The fraction of sp³-hybridized carbons (Fsp3) is 0.250. The summed E-state index contributed by atoms with van der Waals surface area (Å²) in [5.74, 6) is 0.362. The number of hydrazine groups is 1. The summed E-state index contributed by atoms with van der Waals surface area (Å²) in [5.41, 5.74) is 5.85. The van der Waals surface area contributed by atoms with Gasteiger partial charge in [0.25, 0.3) is 5.89 Å². The normalized spacial score (nSPS) is 12.3. The molecule has 0 radical (unpaired) electrons. The van der Waals surface area contributed by atoms with Crippen molar-refractivity contribution in [2.75, 3.05) is 14.1 Å². The molecule has 0 aliphatic heterocycles. The van der Waals surface area contributed by atoms with Gasteiger partial charge in [-0.25, -0.2) is 5.43 Å². The number of halogens is 3. The molecule has 1 aromatic heterocycles. The molecule has 2 rings (SSSR count). The molecule has 1 heterocycles. The highest BCUT2D eigenvalue weighted by molar-refractivity contribution is 5.94. The van der Waals surface area contributed by atoms with E-state index in [1.165, 1.54) is 31.3 Å². The van der Waals surface area contributed by atoms with Gasteiger partial charge in [-0.2, -0.15) is 4.98 Å². The van der Waals surface area contributed by atoms with E-state index < -0.39 is 6.36 Å². The molecule has 2 N–H and O–H groups in total. The van der Waals surface area contributed by atoms with Crippen molar-refractivity contribution in [1.82, 2.24) is 21.0 Å². The second-order valence-electron chi connectivity index (χ2n) is 3.94. The average molecular weight is 315 g/mol. The molecular weight excluding hydrogens is 303 g/mol. The van der Waals surface area contributed by atoms with Crippen LogP contribution in [0.3, 0.4) is 0 Å². The van der Waals surface area contributed by atoms with E-state index in [1.807, 2.05) is 0 Å². The molecule has 10 heteroatoms. The SMILES string of the molecule is CN=C(NNC)c1nc(-c2ccc(OC(F)(F)F)cc2)no1. The van der Waals surface area contributed by atoms with Crippen LogP contribution in [0, 0.1) is 0 Å². The van der Waals surface area contributed by atoms with Crippen molar-refractivity contribution < 1.29 is 22.4 Å². The molecule has 118 valence electrons. The smallest absolute Gasteiger partial charge is 0.406 e. The second-order valence-corrected chi connectivity index (χ2v) is 3.94. The van der Waals surface area contributed by atoms with E-state index in [0.717, 1.165) is 0 Å². The molecule has 7 nitrogen and oxygen atoms in total. The zero-order chi connectivity index (χ0) is 16.2. The first-order chi connectivity index (χ1) is 10.4. The fourth-order valence-electron chi connectivity index (χ4n) is 1.57. The van der Waals surface area contributed by atoms with Gasteiger partial charge < -0.3 is 14.7 Å². The number of hydrogen-bond acceptors (Lipinski definition) is 6. The Morgan fingerprint density at radius 2 is 1.95 bits per heavy atom. The van der Waals surface area contributed by atoms with E-state index in [0.29, 0.717) is 11.4 Å². The first-order valence-corrected chi connectivity index (χ1v) is 6.02. The Morgan fingerprint density at radius 1 is 1.27 bits per heavy atom. The van der Waals surface area contributed by atoms with Crippen LogP contribution in [0.25, 0.3) is 11.4 Å². The molecule has 0 saturated carbocycles. The van der Waals surface area contributed by atoms with Crippen molar-refractivity contribution in [3.8, 4) is 17.1 Å². The molecule has 0 bridgehead atoms. The van der Waals surface area contributed by atoms with Gasteiger partial charge >= 0.3 is 6.36 Å². The minimum Gasteiger partial charge on any atom is -0.406 e. The monoisotopic (exact) mass is 315 g/mol. The van der Waals surface area contributed by atoms with E-state index in [-0.39, 0.29) is 17.5 Å². The maximum absolute atomic E-state index is 12.1. The lowest BCUT2D eigenvalue weighted by Crippen LogP contribution is -2.35. The van der Waals surface area contributed by atoms with Gasteiger partial charge in [0.15, 0.2) is 0 Å². The van der Waals surface area contributed by atoms with Crippen LogP contribution >= 0.6 is 0 Å². The van der Waals surface area contributed by atoms with Crippen LogP contribution in [0.2, 0.25) is 0 Å². The number of benzene rings is 1. The Kier molecular flexibility index (Phi) is 4.61. The predicted octanol–water partition coefficient (Wildman–Crippen LogP) is 1.74. The number of rotatable bonds is 4. The van der Waals surface area contributed by atoms with Crippen LogP contribution in [-0.2, 0) is 0 Å². The molecule has 0 saturated heterocycles. The summed E-state index contributed by atoms with van der Waals surface area (Å²) >= 11 is 0. The Balaban J connectivity index is 2.17. The minimum absolute atomic E-state index is 0.141. The third kappa shape index (κ3) is 3.95. The van der Waals surface area contributed by atoms with Crippen LogP contribution in [0.5, 0.6) is 5.75 Å². The summed E-state index contributed by atoms with van der Waals surface area (Å²) in [4.78, 5) is 8.01. The van der Waals surface area contributed by atoms with Crippen molar-refractivity contribution in [3.63, 3.8) is 0 Å². The Labute approximate surface area is 123 Å². The molecule has 0 spiro atoms. The van der Waals surface area contributed by atoms with Crippen LogP contribution in [0.4, 0.5) is 13.2 Å². The minimum atomic E-state index is -4.73. The van der Waals surface area contributed by atoms with Gasteiger partial charge in [-0.05, 0) is 24.3 Å². The predicted molar refractivity (Wildman–Crippen MR) is 71.1 cm³/mol. The first kappa shape index (κ1) is 15.8. The van der Waals surface area contributed by atoms with E-state index in [1.54, 1.807) is 7.05 Å². The zero-order valence-corrected chi connectivity index (χ0v) is 11.6. The lowest BCUT2D eigenvalue weighted by atomic mass is 10.2. The lowest BCUT2D eigenvalue weighted by molar-refractivity contribution is -0.274. The number of alkyl halides is 3. The maximum Gasteiger partial charge on any atom is 0.573 e. The maximum atomic E-state index is 12.1. The highest BCUT2D eigenvalue weighted by atomic mass is 19.4. The van der Waals surface area contributed by atoms with Crippen molar-refractivity contribution in [1.29, 1.82) is 0 Å². The molecular formula is C12H12F3N5O2. The number of ether oxygens (including phenoxy) is 1. The van der Waals surface area contributed by atoms with Gasteiger partial charge in [-0.3, -0.25) is 4.99 Å². The van der Waals surface area contributed by atoms with Crippen molar-refractivity contribution in [3.05, 3.63) is 30.2 Å². The quantitative estimate of drug-likeness (QED) is 0.508. The van der Waals surface area contributed by atoms with E-state index >= 15 is 0 Å². The third-order valence-electron chi connectivity index (χ3n) is 2.44. The van der Waals surface area contributed by atoms with Crippen LogP contribution < -0.4 is 15.6 Å². The van der Waals surface area contributed by atoms with E-state index in [4.69, 9.17) is 4.52 Å². The molecule has 2 aromatic rings. The van der Waals surface area contributed by atoms with Gasteiger partial charge in [0, 0.05) is 19.7 Å². The van der Waals surface area contributed by atoms with Crippen LogP contribution in [-0.4, -0.2) is 36.4 Å². The molecule has 0 aliphatic rings. The average Bonchev–Trinajstić information content (AvgIpc) is 2.93.